The molecule has 2 aliphatic heterocycles. The van der Waals surface area contributed by atoms with E-state index in [1.54, 1.807) is 11.3 Å². The van der Waals surface area contributed by atoms with Gasteiger partial charge < -0.3 is 15.0 Å². The number of thiophene rings is 1. The van der Waals surface area contributed by atoms with Crippen LogP contribution in [-0.2, 0) is 4.74 Å². The van der Waals surface area contributed by atoms with Crippen LogP contribution in [0.4, 0.5) is 4.79 Å². The maximum Gasteiger partial charge on any atom is 0.317 e. The predicted octanol–water partition coefficient (Wildman–Crippen LogP) is 2.71. The standard InChI is InChI=1S/C18H27N3O2S/c22-18(21-7-6-14-3-1-4-15(14)21)19-13-16(17-5-2-12-24-17)20-8-10-23-11-9-20/h2,5,12,14-16H,1,3-4,6-11,13H2,(H,19,22). The van der Waals surface area contributed by atoms with Crippen molar-refractivity contribution < 1.29 is 9.53 Å². The highest BCUT2D eigenvalue weighted by molar-refractivity contribution is 7.10. The number of carbonyl (C=O) groups is 1. The number of nitrogens with zero attached hydrogens (tertiary/aromatic N) is 2. The van der Waals surface area contributed by atoms with E-state index < -0.39 is 0 Å². The van der Waals surface area contributed by atoms with Crippen LogP contribution in [-0.4, -0.2) is 61.3 Å². The molecule has 1 aliphatic carbocycles. The first-order valence-corrected chi connectivity index (χ1v) is 10.1. The lowest BCUT2D eigenvalue weighted by atomic mass is 10.1. The molecule has 0 spiro atoms. The monoisotopic (exact) mass is 349 g/mol. The van der Waals surface area contributed by atoms with Crippen molar-refractivity contribution in [2.75, 3.05) is 39.4 Å². The van der Waals surface area contributed by atoms with Gasteiger partial charge in [0.1, 0.15) is 0 Å². The number of urea groups is 1. The molecule has 3 heterocycles. The highest BCUT2D eigenvalue weighted by Crippen LogP contribution is 2.37. The normalized spacial score (nSPS) is 28.8. The molecule has 4 rings (SSSR count). The summed E-state index contributed by atoms with van der Waals surface area (Å²) in [6.07, 6.45) is 4.97. The number of nitrogens with one attached hydrogen (secondary N) is 1. The van der Waals surface area contributed by atoms with Crippen LogP contribution < -0.4 is 5.32 Å². The van der Waals surface area contributed by atoms with Crippen LogP contribution in [0.5, 0.6) is 0 Å². The molecule has 3 atom stereocenters. The van der Waals surface area contributed by atoms with E-state index in [-0.39, 0.29) is 12.1 Å². The van der Waals surface area contributed by atoms with Gasteiger partial charge in [-0.25, -0.2) is 4.79 Å². The van der Waals surface area contributed by atoms with Gasteiger partial charge in [0, 0.05) is 37.1 Å². The molecule has 24 heavy (non-hydrogen) atoms. The smallest absolute Gasteiger partial charge is 0.317 e. The first kappa shape index (κ1) is 16.4. The number of morpholine rings is 1. The van der Waals surface area contributed by atoms with Crippen LogP contribution in [0.15, 0.2) is 17.5 Å². The van der Waals surface area contributed by atoms with Gasteiger partial charge in [-0.2, -0.15) is 0 Å². The van der Waals surface area contributed by atoms with Gasteiger partial charge in [0.15, 0.2) is 0 Å². The van der Waals surface area contributed by atoms with E-state index in [9.17, 15) is 4.79 Å². The minimum absolute atomic E-state index is 0.138. The Morgan fingerprint density at radius 2 is 2.17 bits per heavy atom. The van der Waals surface area contributed by atoms with Crippen molar-refractivity contribution in [2.24, 2.45) is 5.92 Å². The Labute approximate surface area is 148 Å². The Morgan fingerprint density at radius 3 is 2.96 bits per heavy atom. The van der Waals surface area contributed by atoms with Crippen molar-refractivity contribution in [2.45, 2.75) is 37.8 Å². The average Bonchev–Trinajstić information content (AvgIpc) is 3.34. The van der Waals surface area contributed by atoms with Crippen molar-refractivity contribution in [1.82, 2.24) is 15.1 Å². The van der Waals surface area contributed by atoms with E-state index in [2.05, 4.69) is 32.6 Å². The third-order valence-corrected chi connectivity index (χ3v) is 6.80. The number of carbonyl (C=O) groups excluding carboxylic acids is 1. The van der Waals surface area contributed by atoms with E-state index in [0.717, 1.165) is 38.8 Å². The summed E-state index contributed by atoms with van der Waals surface area (Å²) in [7, 11) is 0. The summed E-state index contributed by atoms with van der Waals surface area (Å²) in [5.74, 6) is 0.753. The number of hydrogen-bond donors (Lipinski definition) is 1. The molecule has 0 aromatic carbocycles. The largest absolute Gasteiger partial charge is 0.379 e. The molecule has 5 nitrogen and oxygen atoms in total. The molecule has 2 amide bonds. The molecule has 3 unspecified atom stereocenters. The second-order valence-electron chi connectivity index (χ2n) is 7.11. The van der Waals surface area contributed by atoms with E-state index in [1.165, 1.54) is 30.6 Å². The van der Waals surface area contributed by atoms with Crippen molar-refractivity contribution in [1.29, 1.82) is 0 Å². The molecule has 0 bridgehead atoms. The molecule has 0 radical (unpaired) electrons. The van der Waals surface area contributed by atoms with Crippen molar-refractivity contribution in [3.05, 3.63) is 22.4 Å². The lowest BCUT2D eigenvalue weighted by molar-refractivity contribution is 0.0171. The van der Waals surface area contributed by atoms with Crippen molar-refractivity contribution in [3.8, 4) is 0 Å². The Kier molecular flexibility index (Phi) is 5.06. The van der Waals surface area contributed by atoms with E-state index in [0.29, 0.717) is 12.6 Å². The van der Waals surface area contributed by atoms with E-state index in [1.807, 2.05) is 0 Å². The lowest BCUT2D eigenvalue weighted by Crippen LogP contribution is -2.48. The average molecular weight is 350 g/mol. The molecule has 132 valence electrons. The van der Waals surface area contributed by atoms with Crippen molar-refractivity contribution in [3.63, 3.8) is 0 Å². The van der Waals surface area contributed by atoms with Crippen molar-refractivity contribution >= 4 is 17.4 Å². The molecule has 3 fully saturated rings. The molecule has 3 aliphatic rings. The Morgan fingerprint density at radius 1 is 1.29 bits per heavy atom. The Bertz CT molecular complexity index is 544. The first-order chi connectivity index (χ1) is 11.8. The summed E-state index contributed by atoms with van der Waals surface area (Å²) in [5, 5.41) is 5.35. The van der Waals surface area contributed by atoms with Gasteiger partial charge in [-0.3, -0.25) is 4.90 Å². The molecule has 1 aromatic heterocycles. The van der Waals surface area contributed by atoms with Gasteiger partial charge in [-0.15, -0.1) is 11.3 Å². The van der Waals surface area contributed by atoms with Gasteiger partial charge in [-0.1, -0.05) is 12.5 Å². The molecular formula is C18H27N3O2S. The third kappa shape index (κ3) is 3.32. The topological polar surface area (TPSA) is 44.8 Å². The van der Waals surface area contributed by atoms with E-state index in [4.69, 9.17) is 4.74 Å². The summed E-state index contributed by atoms with van der Waals surface area (Å²) in [6, 6.07) is 5.17. The maximum absolute atomic E-state index is 12.7. The maximum atomic E-state index is 12.7. The summed E-state index contributed by atoms with van der Waals surface area (Å²) in [6.45, 7) is 5.06. The highest BCUT2D eigenvalue weighted by atomic mass is 32.1. The van der Waals surface area contributed by atoms with Crippen LogP contribution in [0.2, 0.25) is 0 Å². The predicted molar refractivity (Wildman–Crippen MR) is 95.3 cm³/mol. The van der Waals surface area contributed by atoms with Gasteiger partial charge >= 0.3 is 6.03 Å². The fraction of sp³-hybridized carbons (Fsp3) is 0.722. The van der Waals surface area contributed by atoms with Gasteiger partial charge in [-0.05, 0) is 36.6 Å². The lowest BCUT2D eigenvalue weighted by Gasteiger charge is -2.34. The highest BCUT2D eigenvalue weighted by Gasteiger charge is 2.40. The van der Waals surface area contributed by atoms with E-state index >= 15 is 0 Å². The van der Waals surface area contributed by atoms with Crippen LogP contribution in [0, 0.1) is 5.92 Å². The number of rotatable bonds is 4. The van der Waals surface area contributed by atoms with Crippen LogP contribution in [0.25, 0.3) is 0 Å². The van der Waals surface area contributed by atoms with Gasteiger partial charge in [0.2, 0.25) is 0 Å². The zero-order valence-corrected chi connectivity index (χ0v) is 15.0. The summed E-state index contributed by atoms with van der Waals surface area (Å²) in [5.41, 5.74) is 0. The third-order valence-electron chi connectivity index (χ3n) is 5.83. The molecule has 1 saturated carbocycles. The minimum Gasteiger partial charge on any atom is -0.379 e. The zero-order chi connectivity index (χ0) is 16.4. The second-order valence-corrected chi connectivity index (χ2v) is 8.09. The number of fused-ring (bicyclic) bond motifs is 1. The summed E-state index contributed by atoms with van der Waals surface area (Å²) in [4.78, 5) is 18.6. The molecular weight excluding hydrogens is 322 g/mol. The quantitative estimate of drug-likeness (QED) is 0.909. The number of ether oxygens (including phenoxy) is 1. The Balaban J connectivity index is 1.38. The summed E-state index contributed by atoms with van der Waals surface area (Å²) >= 11 is 1.78. The molecule has 1 aromatic rings. The first-order valence-electron chi connectivity index (χ1n) is 9.22. The number of likely N-dealkylation sites (tertiary alicyclic amines) is 1. The zero-order valence-electron chi connectivity index (χ0n) is 14.2. The number of amides is 2. The molecule has 1 N–H and O–H groups in total. The van der Waals surface area contributed by atoms with Gasteiger partial charge in [0.25, 0.3) is 0 Å². The fourth-order valence-electron chi connectivity index (χ4n) is 4.55. The minimum atomic E-state index is 0.138. The van der Waals surface area contributed by atoms with Crippen LogP contribution >= 0.6 is 11.3 Å². The van der Waals surface area contributed by atoms with Crippen LogP contribution in [0.1, 0.15) is 36.6 Å². The second kappa shape index (κ2) is 7.42. The number of hydrogen-bond acceptors (Lipinski definition) is 4. The molecule has 2 saturated heterocycles. The van der Waals surface area contributed by atoms with Crippen LogP contribution in [0.3, 0.4) is 0 Å². The summed E-state index contributed by atoms with van der Waals surface area (Å²) < 4.78 is 5.49. The van der Waals surface area contributed by atoms with Gasteiger partial charge in [0.05, 0.1) is 19.3 Å². The Hall–Kier alpha value is -1.11. The SMILES string of the molecule is O=C(NCC(c1cccs1)N1CCOCC1)N1CCC2CCCC21. The molecule has 6 heteroatoms. The fourth-order valence-corrected chi connectivity index (χ4v) is 5.41.